The van der Waals surface area contributed by atoms with E-state index in [1.165, 1.54) is 12.8 Å². The molecule has 0 aromatic carbocycles. The Balaban J connectivity index is 2.23. The quantitative estimate of drug-likeness (QED) is 0.592. The lowest BCUT2D eigenvalue weighted by Gasteiger charge is -2.28. The van der Waals surface area contributed by atoms with Gasteiger partial charge in [-0.1, -0.05) is 0 Å². The minimum Gasteiger partial charge on any atom is -0.396 e. The van der Waals surface area contributed by atoms with Crippen LogP contribution in [0.2, 0.25) is 0 Å². The van der Waals surface area contributed by atoms with Crippen LogP contribution in [0.5, 0.6) is 0 Å². The Bertz CT molecular complexity index is 160. The van der Waals surface area contributed by atoms with Crippen molar-refractivity contribution in [3.8, 4) is 0 Å². The molecule has 1 rings (SSSR count). The van der Waals surface area contributed by atoms with Gasteiger partial charge in [0, 0.05) is 26.3 Å². The van der Waals surface area contributed by atoms with Gasteiger partial charge in [-0.25, -0.2) is 0 Å². The summed E-state index contributed by atoms with van der Waals surface area (Å²) in [5.41, 5.74) is 0. The van der Waals surface area contributed by atoms with Gasteiger partial charge in [0.1, 0.15) is 0 Å². The molecule has 0 saturated heterocycles. The molecule has 15 heavy (non-hydrogen) atoms. The second kappa shape index (κ2) is 7.20. The van der Waals surface area contributed by atoms with E-state index in [2.05, 4.69) is 11.8 Å². The minimum atomic E-state index is 0.315. The molecule has 3 nitrogen and oxygen atoms in total. The highest BCUT2D eigenvalue weighted by molar-refractivity contribution is 4.85. The standard InChI is InChI=1S/C12H25NO2/c1-11(12-5-6-12)13(8-10-15-2)7-3-4-9-14/h11-12,14H,3-10H2,1-2H3. The van der Waals surface area contributed by atoms with Crippen LogP contribution in [0.4, 0.5) is 0 Å². The van der Waals surface area contributed by atoms with E-state index in [0.29, 0.717) is 12.6 Å². The molecule has 3 heteroatoms. The maximum atomic E-state index is 8.77. The molecule has 1 aliphatic carbocycles. The highest BCUT2D eigenvalue weighted by Crippen LogP contribution is 2.35. The van der Waals surface area contributed by atoms with Crippen LogP contribution in [-0.2, 0) is 4.74 Å². The van der Waals surface area contributed by atoms with Crippen molar-refractivity contribution in [3.63, 3.8) is 0 Å². The third-order valence-corrected chi connectivity index (χ3v) is 3.32. The van der Waals surface area contributed by atoms with Gasteiger partial charge in [0.2, 0.25) is 0 Å². The van der Waals surface area contributed by atoms with Crippen molar-refractivity contribution in [1.29, 1.82) is 0 Å². The number of hydrogen-bond donors (Lipinski definition) is 1. The zero-order valence-corrected chi connectivity index (χ0v) is 10.1. The molecule has 0 spiro atoms. The Kier molecular flexibility index (Phi) is 6.22. The van der Waals surface area contributed by atoms with Crippen molar-refractivity contribution in [3.05, 3.63) is 0 Å². The van der Waals surface area contributed by atoms with E-state index >= 15 is 0 Å². The number of ether oxygens (including phenoxy) is 1. The SMILES string of the molecule is COCCN(CCCCO)C(C)C1CC1. The fourth-order valence-electron chi connectivity index (χ4n) is 2.03. The monoisotopic (exact) mass is 215 g/mol. The fraction of sp³-hybridized carbons (Fsp3) is 1.00. The van der Waals surface area contributed by atoms with E-state index in [9.17, 15) is 0 Å². The van der Waals surface area contributed by atoms with Gasteiger partial charge < -0.3 is 9.84 Å². The molecule has 0 aliphatic heterocycles. The van der Waals surface area contributed by atoms with Crippen LogP contribution in [0.25, 0.3) is 0 Å². The summed E-state index contributed by atoms with van der Waals surface area (Å²) in [4.78, 5) is 2.51. The van der Waals surface area contributed by atoms with Crippen molar-refractivity contribution in [2.75, 3.05) is 33.4 Å². The number of aliphatic hydroxyl groups excluding tert-OH is 1. The van der Waals surface area contributed by atoms with Gasteiger partial charge in [-0.15, -0.1) is 0 Å². The Morgan fingerprint density at radius 1 is 1.33 bits per heavy atom. The molecule has 1 saturated carbocycles. The van der Waals surface area contributed by atoms with Crippen molar-refractivity contribution >= 4 is 0 Å². The molecule has 1 aliphatic rings. The number of nitrogens with zero attached hydrogens (tertiary/aromatic N) is 1. The molecule has 1 unspecified atom stereocenters. The molecule has 90 valence electrons. The predicted octanol–water partition coefficient (Wildman–Crippen LogP) is 1.51. The van der Waals surface area contributed by atoms with Crippen LogP contribution < -0.4 is 0 Å². The number of rotatable bonds is 9. The van der Waals surface area contributed by atoms with Crippen LogP contribution in [-0.4, -0.2) is 49.5 Å². The van der Waals surface area contributed by atoms with Crippen LogP contribution in [0.15, 0.2) is 0 Å². The first-order valence-corrected chi connectivity index (χ1v) is 6.13. The Hall–Kier alpha value is -0.120. The lowest BCUT2D eigenvalue weighted by Crippen LogP contribution is -2.38. The minimum absolute atomic E-state index is 0.315. The molecule has 0 aromatic rings. The van der Waals surface area contributed by atoms with Crippen LogP contribution >= 0.6 is 0 Å². The van der Waals surface area contributed by atoms with Crippen LogP contribution in [0, 0.1) is 5.92 Å². The van der Waals surface area contributed by atoms with E-state index in [-0.39, 0.29) is 0 Å². The topological polar surface area (TPSA) is 32.7 Å². The normalized spacial score (nSPS) is 18.4. The molecule has 1 fully saturated rings. The van der Waals surface area contributed by atoms with E-state index in [0.717, 1.165) is 38.5 Å². The van der Waals surface area contributed by atoms with Crippen molar-refractivity contribution in [2.24, 2.45) is 5.92 Å². The van der Waals surface area contributed by atoms with Gasteiger partial charge in [-0.2, -0.15) is 0 Å². The molecule has 1 atom stereocenters. The van der Waals surface area contributed by atoms with Crippen molar-refractivity contribution in [1.82, 2.24) is 4.90 Å². The summed E-state index contributed by atoms with van der Waals surface area (Å²) in [6, 6.07) is 0.693. The number of hydrogen-bond acceptors (Lipinski definition) is 3. The highest BCUT2D eigenvalue weighted by Gasteiger charge is 2.31. The van der Waals surface area contributed by atoms with Crippen LogP contribution in [0.3, 0.4) is 0 Å². The average molecular weight is 215 g/mol. The number of methoxy groups -OCH3 is 1. The maximum Gasteiger partial charge on any atom is 0.0589 e. The van der Waals surface area contributed by atoms with Gasteiger partial charge in [0.25, 0.3) is 0 Å². The Morgan fingerprint density at radius 3 is 2.60 bits per heavy atom. The first-order valence-electron chi connectivity index (χ1n) is 6.13. The molecule has 0 bridgehead atoms. The smallest absolute Gasteiger partial charge is 0.0589 e. The van der Waals surface area contributed by atoms with Crippen molar-refractivity contribution in [2.45, 2.75) is 38.6 Å². The second-order valence-corrected chi connectivity index (χ2v) is 4.54. The number of aliphatic hydroxyl groups is 1. The highest BCUT2D eigenvalue weighted by atomic mass is 16.5. The van der Waals surface area contributed by atoms with Gasteiger partial charge in [-0.05, 0) is 45.1 Å². The predicted molar refractivity (Wildman–Crippen MR) is 62.0 cm³/mol. The molecule has 1 N–H and O–H groups in total. The molecule has 0 heterocycles. The van der Waals surface area contributed by atoms with Gasteiger partial charge in [0.15, 0.2) is 0 Å². The van der Waals surface area contributed by atoms with Gasteiger partial charge in [0.05, 0.1) is 6.61 Å². The Morgan fingerprint density at radius 2 is 2.07 bits per heavy atom. The summed E-state index contributed by atoms with van der Waals surface area (Å²) >= 11 is 0. The third kappa shape index (κ3) is 4.96. The third-order valence-electron chi connectivity index (χ3n) is 3.32. The fourth-order valence-corrected chi connectivity index (χ4v) is 2.03. The molecule has 0 radical (unpaired) electrons. The summed E-state index contributed by atoms with van der Waals surface area (Å²) in [5.74, 6) is 0.913. The summed E-state index contributed by atoms with van der Waals surface area (Å²) in [6.45, 7) is 5.58. The first kappa shape index (κ1) is 12.9. The lowest BCUT2D eigenvalue weighted by molar-refractivity contribution is 0.114. The lowest BCUT2D eigenvalue weighted by atomic mass is 10.1. The number of unbranched alkanes of at least 4 members (excludes halogenated alkanes) is 1. The summed E-state index contributed by atoms with van der Waals surface area (Å²) in [6.07, 6.45) is 4.80. The largest absolute Gasteiger partial charge is 0.396 e. The first-order chi connectivity index (χ1) is 7.29. The van der Waals surface area contributed by atoms with E-state index in [1.54, 1.807) is 7.11 Å². The summed E-state index contributed by atoms with van der Waals surface area (Å²) in [7, 11) is 1.76. The van der Waals surface area contributed by atoms with Crippen molar-refractivity contribution < 1.29 is 9.84 Å². The second-order valence-electron chi connectivity index (χ2n) is 4.54. The molecule has 0 aromatic heterocycles. The summed E-state index contributed by atoms with van der Waals surface area (Å²) < 4.78 is 5.14. The van der Waals surface area contributed by atoms with Crippen LogP contribution in [0.1, 0.15) is 32.6 Å². The van der Waals surface area contributed by atoms with Gasteiger partial charge >= 0.3 is 0 Å². The maximum absolute atomic E-state index is 8.77. The summed E-state index contributed by atoms with van der Waals surface area (Å²) in [5, 5.41) is 8.77. The molecule has 0 amide bonds. The van der Waals surface area contributed by atoms with Gasteiger partial charge in [-0.3, -0.25) is 4.90 Å². The van der Waals surface area contributed by atoms with E-state index in [4.69, 9.17) is 9.84 Å². The molecular formula is C12H25NO2. The zero-order chi connectivity index (χ0) is 11.1. The van der Waals surface area contributed by atoms with E-state index in [1.807, 2.05) is 0 Å². The average Bonchev–Trinajstić information content (AvgIpc) is 3.06. The molecular weight excluding hydrogens is 190 g/mol. The Labute approximate surface area is 93.4 Å². The zero-order valence-electron chi connectivity index (χ0n) is 10.1. The van der Waals surface area contributed by atoms with E-state index < -0.39 is 0 Å².